The molecule has 10 nitrogen and oxygen atoms in total. The summed E-state index contributed by atoms with van der Waals surface area (Å²) in [6, 6.07) is 6.93. The Morgan fingerprint density at radius 2 is 1.52 bits per heavy atom. The predicted octanol–water partition coefficient (Wildman–Crippen LogP) is 2.36. The van der Waals surface area contributed by atoms with Crippen molar-refractivity contribution in [2.75, 3.05) is 37.7 Å². The van der Waals surface area contributed by atoms with Gasteiger partial charge in [-0.05, 0) is 6.07 Å². The van der Waals surface area contributed by atoms with Crippen LogP contribution in [0.1, 0.15) is 0 Å². The summed E-state index contributed by atoms with van der Waals surface area (Å²) < 4.78 is 16.0. The van der Waals surface area contributed by atoms with Gasteiger partial charge in [-0.2, -0.15) is 9.97 Å². The van der Waals surface area contributed by atoms with Gasteiger partial charge in [-0.3, -0.25) is 0 Å². The molecule has 0 amide bonds. The van der Waals surface area contributed by atoms with E-state index in [1.165, 1.54) is 6.33 Å². The fraction of sp³-hybridized carbons (Fsp3) is 0.176. The molecule has 2 heterocycles. The van der Waals surface area contributed by atoms with Gasteiger partial charge < -0.3 is 30.6 Å². The van der Waals surface area contributed by atoms with Crippen LogP contribution in [0.3, 0.4) is 0 Å². The molecule has 0 aliphatic carbocycles. The molecule has 1 aromatic carbocycles. The topological polar surface area (TPSA) is 129 Å². The standard InChI is InChI=1S/C17H19N7O3/c1-25-11-6-10(7-12(26-2)16(11)27-3)21-14-8-15(24-17(18)23-14)22-13-4-5-19-9-20-13/h4-9H,1-3H3,(H4,18,19,20,21,22,23,24). The average molecular weight is 369 g/mol. The lowest BCUT2D eigenvalue weighted by molar-refractivity contribution is 0.324. The summed E-state index contributed by atoms with van der Waals surface area (Å²) >= 11 is 0. The molecular weight excluding hydrogens is 350 g/mol. The van der Waals surface area contributed by atoms with Gasteiger partial charge in [-0.25, -0.2) is 9.97 Å². The second kappa shape index (κ2) is 8.04. The lowest BCUT2D eigenvalue weighted by Gasteiger charge is -2.15. The van der Waals surface area contributed by atoms with Crippen molar-refractivity contribution in [3.8, 4) is 17.2 Å². The minimum atomic E-state index is 0.101. The molecule has 0 radical (unpaired) electrons. The van der Waals surface area contributed by atoms with Crippen LogP contribution >= 0.6 is 0 Å². The number of aromatic nitrogens is 4. The van der Waals surface area contributed by atoms with Gasteiger partial charge in [0, 0.05) is 30.1 Å². The number of anilines is 5. The van der Waals surface area contributed by atoms with Crippen molar-refractivity contribution < 1.29 is 14.2 Å². The van der Waals surface area contributed by atoms with E-state index in [0.29, 0.717) is 40.4 Å². The van der Waals surface area contributed by atoms with Crippen molar-refractivity contribution in [2.24, 2.45) is 0 Å². The number of nitrogens with one attached hydrogen (secondary N) is 2. The molecule has 3 aromatic rings. The summed E-state index contributed by atoms with van der Waals surface area (Å²) in [4.78, 5) is 16.3. The Morgan fingerprint density at radius 3 is 2.07 bits per heavy atom. The van der Waals surface area contributed by atoms with Crippen LogP contribution in [0.25, 0.3) is 0 Å². The lowest BCUT2D eigenvalue weighted by Crippen LogP contribution is -2.04. The lowest BCUT2D eigenvalue weighted by atomic mass is 10.2. The van der Waals surface area contributed by atoms with E-state index in [0.717, 1.165) is 0 Å². The summed E-state index contributed by atoms with van der Waals surface area (Å²) in [6.45, 7) is 0. The van der Waals surface area contributed by atoms with E-state index in [1.54, 1.807) is 51.8 Å². The number of nitrogens with two attached hydrogens (primary N) is 1. The summed E-state index contributed by atoms with van der Waals surface area (Å²) in [7, 11) is 4.64. The fourth-order valence-corrected chi connectivity index (χ4v) is 2.39. The second-order valence-corrected chi connectivity index (χ2v) is 5.26. The van der Waals surface area contributed by atoms with Crippen molar-refractivity contribution in [3.63, 3.8) is 0 Å². The maximum Gasteiger partial charge on any atom is 0.223 e. The van der Waals surface area contributed by atoms with Crippen molar-refractivity contribution in [3.05, 3.63) is 36.8 Å². The number of nitrogen functional groups attached to an aromatic ring is 1. The van der Waals surface area contributed by atoms with Crippen molar-refractivity contribution in [1.29, 1.82) is 0 Å². The van der Waals surface area contributed by atoms with Gasteiger partial charge in [0.2, 0.25) is 11.7 Å². The van der Waals surface area contributed by atoms with E-state index in [1.807, 2.05) is 0 Å². The van der Waals surface area contributed by atoms with Crippen LogP contribution < -0.4 is 30.6 Å². The molecule has 0 unspecified atom stereocenters. The third-order valence-corrected chi connectivity index (χ3v) is 3.52. The van der Waals surface area contributed by atoms with E-state index in [4.69, 9.17) is 19.9 Å². The van der Waals surface area contributed by atoms with Gasteiger partial charge in [0.05, 0.1) is 21.3 Å². The van der Waals surface area contributed by atoms with E-state index >= 15 is 0 Å². The summed E-state index contributed by atoms with van der Waals surface area (Å²) in [6.07, 6.45) is 3.05. The van der Waals surface area contributed by atoms with Gasteiger partial charge in [-0.15, -0.1) is 0 Å². The number of rotatable bonds is 7. The third kappa shape index (κ3) is 4.24. The highest BCUT2D eigenvalue weighted by Crippen LogP contribution is 2.40. The largest absolute Gasteiger partial charge is 0.493 e. The summed E-state index contributed by atoms with van der Waals surface area (Å²) in [5.74, 6) is 3.18. The van der Waals surface area contributed by atoms with E-state index in [-0.39, 0.29) is 5.95 Å². The van der Waals surface area contributed by atoms with Crippen LogP contribution in [0.15, 0.2) is 36.8 Å². The maximum atomic E-state index is 5.82. The molecule has 2 aromatic heterocycles. The highest BCUT2D eigenvalue weighted by molar-refractivity contribution is 5.68. The van der Waals surface area contributed by atoms with Crippen molar-refractivity contribution >= 4 is 29.1 Å². The molecule has 0 fully saturated rings. The molecule has 0 aliphatic rings. The first kappa shape index (κ1) is 18.0. The zero-order valence-electron chi connectivity index (χ0n) is 15.1. The van der Waals surface area contributed by atoms with Gasteiger partial charge in [0.1, 0.15) is 23.8 Å². The Labute approximate surface area is 155 Å². The molecule has 3 rings (SSSR count). The van der Waals surface area contributed by atoms with Crippen molar-refractivity contribution in [2.45, 2.75) is 0 Å². The first-order chi connectivity index (χ1) is 13.1. The maximum absolute atomic E-state index is 5.82. The zero-order chi connectivity index (χ0) is 19.2. The van der Waals surface area contributed by atoms with Crippen LogP contribution in [0.4, 0.5) is 29.1 Å². The van der Waals surface area contributed by atoms with Crippen LogP contribution in [0.2, 0.25) is 0 Å². The number of hydrogen-bond donors (Lipinski definition) is 3. The monoisotopic (exact) mass is 369 g/mol. The molecule has 0 saturated carbocycles. The van der Waals surface area contributed by atoms with Gasteiger partial charge >= 0.3 is 0 Å². The van der Waals surface area contributed by atoms with Gasteiger partial charge in [0.15, 0.2) is 11.5 Å². The summed E-state index contributed by atoms with van der Waals surface area (Å²) in [5.41, 5.74) is 6.50. The Kier molecular flexibility index (Phi) is 5.36. The fourth-order valence-electron chi connectivity index (χ4n) is 2.39. The summed E-state index contributed by atoms with van der Waals surface area (Å²) in [5, 5.41) is 6.19. The smallest absolute Gasteiger partial charge is 0.223 e. The highest BCUT2D eigenvalue weighted by atomic mass is 16.5. The Balaban J connectivity index is 1.89. The van der Waals surface area contributed by atoms with Crippen molar-refractivity contribution in [1.82, 2.24) is 19.9 Å². The second-order valence-electron chi connectivity index (χ2n) is 5.26. The normalized spacial score (nSPS) is 10.2. The molecule has 0 atom stereocenters. The molecule has 4 N–H and O–H groups in total. The quantitative estimate of drug-likeness (QED) is 0.570. The molecule has 0 spiro atoms. The molecule has 0 bridgehead atoms. The first-order valence-electron chi connectivity index (χ1n) is 7.87. The average Bonchev–Trinajstić information content (AvgIpc) is 2.67. The number of nitrogens with zero attached hydrogens (tertiary/aromatic N) is 4. The molecular formula is C17H19N7O3. The minimum absolute atomic E-state index is 0.101. The Morgan fingerprint density at radius 1 is 0.852 bits per heavy atom. The van der Waals surface area contributed by atoms with Gasteiger partial charge in [-0.1, -0.05) is 0 Å². The van der Waals surface area contributed by atoms with Crippen LogP contribution in [0, 0.1) is 0 Å². The SMILES string of the molecule is COc1cc(Nc2cc(Nc3ccncn3)nc(N)n2)cc(OC)c1OC. The Hall–Kier alpha value is -3.82. The number of methoxy groups -OCH3 is 3. The van der Waals surface area contributed by atoms with Crippen LogP contribution in [0.5, 0.6) is 17.2 Å². The molecule has 140 valence electrons. The highest BCUT2D eigenvalue weighted by Gasteiger charge is 2.14. The third-order valence-electron chi connectivity index (χ3n) is 3.52. The number of ether oxygens (including phenoxy) is 3. The van der Waals surface area contributed by atoms with Crippen LogP contribution in [-0.2, 0) is 0 Å². The molecule has 10 heteroatoms. The molecule has 0 aliphatic heterocycles. The predicted molar refractivity (Wildman–Crippen MR) is 101 cm³/mol. The number of hydrogen-bond acceptors (Lipinski definition) is 10. The van der Waals surface area contributed by atoms with Crippen LogP contribution in [-0.4, -0.2) is 41.3 Å². The molecule has 27 heavy (non-hydrogen) atoms. The minimum Gasteiger partial charge on any atom is -0.493 e. The zero-order valence-corrected chi connectivity index (χ0v) is 15.1. The molecule has 0 saturated heterocycles. The Bertz CT molecular complexity index is 897. The van der Waals surface area contributed by atoms with E-state index in [9.17, 15) is 0 Å². The van der Waals surface area contributed by atoms with E-state index in [2.05, 4.69) is 30.6 Å². The first-order valence-corrected chi connectivity index (χ1v) is 7.87. The van der Waals surface area contributed by atoms with E-state index < -0.39 is 0 Å². The van der Waals surface area contributed by atoms with Gasteiger partial charge in [0.25, 0.3) is 0 Å². The number of benzene rings is 1.